The Hall–Kier alpha value is -2.63. The zero-order chi connectivity index (χ0) is 14.7. The van der Waals surface area contributed by atoms with Gasteiger partial charge in [-0.05, 0) is 30.3 Å². The minimum Gasteiger partial charge on any atom is -0.478 e. The molecule has 0 fully saturated rings. The molecule has 2 rings (SSSR count). The number of carbonyl (C=O) groups is 1. The molecule has 0 aliphatic rings. The molecule has 2 aromatic carbocycles. The third kappa shape index (κ3) is 2.85. The molecule has 0 aliphatic heterocycles. The normalized spacial score (nSPS) is 10.3. The number of anilines is 2. The van der Waals surface area contributed by atoms with Crippen LogP contribution in [0, 0.1) is 11.6 Å². The van der Waals surface area contributed by atoms with Gasteiger partial charge < -0.3 is 16.2 Å². The molecule has 0 heterocycles. The third-order valence-electron chi connectivity index (χ3n) is 2.81. The highest BCUT2D eigenvalue weighted by Crippen LogP contribution is 2.23. The van der Waals surface area contributed by atoms with E-state index >= 15 is 0 Å². The van der Waals surface area contributed by atoms with Gasteiger partial charge in [0.2, 0.25) is 0 Å². The average Bonchev–Trinajstić information content (AvgIpc) is 2.41. The van der Waals surface area contributed by atoms with Gasteiger partial charge >= 0.3 is 5.97 Å². The zero-order valence-electron chi connectivity index (χ0n) is 10.4. The molecule has 0 unspecified atom stereocenters. The second kappa shape index (κ2) is 5.56. The van der Waals surface area contributed by atoms with Crippen LogP contribution in [0.1, 0.15) is 15.9 Å². The van der Waals surface area contributed by atoms with Crippen LogP contribution in [-0.4, -0.2) is 11.1 Å². The van der Waals surface area contributed by atoms with Crippen molar-refractivity contribution in [2.75, 3.05) is 11.1 Å². The Labute approximate surface area is 113 Å². The van der Waals surface area contributed by atoms with Gasteiger partial charge in [0.05, 0.1) is 16.9 Å². The molecule has 104 valence electrons. The van der Waals surface area contributed by atoms with E-state index in [1.165, 1.54) is 12.1 Å². The van der Waals surface area contributed by atoms with Crippen molar-refractivity contribution in [3.63, 3.8) is 0 Å². The van der Waals surface area contributed by atoms with Gasteiger partial charge in [-0.25, -0.2) is 13.6 Å². The molecule has 0 saturated carbocycles. The van der Waals surface area contributed by atoms with Crippen LogP contribution in [0.15, 0.2) is 36.4 Å². The molecule has 20 heavy (non-hydrogen) atoms. The maximum atomic E-state index is 13.4. The molecule has 4 nitrogen and oxygen atoms in total. The van der Waals surface area contributed by atoms with Crippen molar-refractivity contribution in [2.45, 2.75) is 6.54 Å². The number of rotatable bonds is 4. The van der Waals surface area contributed by atoms with Crippen LogP contribution in [-0.2, 0) is 6.54 Å². The summed E-state index contributed by atoms with van der Waals surface area (Å²) in [7, 11) is 0. The minimum absolute atomic E-state index is 0.00311. The summed E-state index contributed by atoms with van der Waals surface area (Å²) >= 11 is 0. The second-order valence-corrected chi connectivity index (χ2v) is 4.16. The van der Waals surface area contributed by atoms with Gasteiger partial charge in [0.15, 0.2) is 0 Å². The van der Waals surface area contributed by atoms with Crippen molar-refractivity contribution in [1.82, 2.24) is 0 Å². The van der Waals surface area contributed by atoms with E-state index in [4.69, 9.17) is 10.8 Å². The van der Waals surface area contributed by atoms with E-state index in [1.54, 1.807) is 6.07 Å². The summed E-state index contributed by atoms with van der Waals surface area (Å²) in [5.41, 5.74) is 6.20. The highest BCUT2D eigenvalue weighted by atomic mass is 19.1. The van der Waals surface area contributed by atoms with Crippen LogP contribution in [0.5, 0.6) is 0 Å². The van der Waals surface area contributed by atoms with Crippen molar-refractivity contribution in [1.29, 1.82) is 0 Å². The van der Waals surface area contributed by atoms with Gasteiger partial charge in [0.25, 0.3) is 0 Å². The first-order chi connectivity index (χ1) is 9.49. The predicted octanol–water partition coefficient (Wildman–Crippen LogP) is 2.86. The predicted molar refractivity (Wildman–Crippen MR) is 71.5 cm³/mol. The summed E-state index contributed by atoms with van der Waals surface area (Å²) in [4.78, 5) is 10.9. The van der Waals surface area contributed by atoms with Gasteiger partial charge in [0, 0.05) is 12.1 Å². The van der Waals surface area contributed by atoms with Gasteiger partial charge in [-0.2, -0.15) is 0 Å². The number of nitrogens with one attached hydrogen (secondary N) is 1. The topological polar surface area (TPSA) is 75.3 Å². The lowest BCUT2D eigenvalue weighted by molar-refractivity contribution is 0.0698. The van der Waals surface area contributed by atoms with Crippen molar-refractivity contribution < 1.29 is 18.7 Å². The summed E-state index contributed by atoms with van der Waals surface area (Å²) in [5, 5.41) is 11.7. The molecule has 0 spiro atoms. The van der Waals surface area contributed by atoms with Gasteiger partial charge in [-0.1, -0.05) is 6.07 Å². The molecule has 0 aromatic heterocycles. The number of benzene rings is 2. The number of carboxylic acids is 1. The Morgan fingerprint density at radius 3 is 2.70 bits per heavy atom. The Kier molecular flexibility index (Phi) is 3.84. The van der Waals surface area contributed by atoms with Crippen LogP contribution in [0.25, 0.3) is 0 Å². The molecular formula is C14H12F2N2O2. The number of nitrogens with two attached hydrogens (primary N) is 1. The number of hydrogen-bond acceptors (Lipinski definition) is 3. The fraction of sp³-hybridized carbons (Fsp3) is 0.0714. The number of carboxylic acid groups (broad SMARTS) is 1. The SMILES string of the molecule is Nc1c(NCc2cc(F)ccc2F)cccc1C(=O)O. The van der Waals surface area contributed by atoms with Crippen LogP contribution in [0.4, 0.5) is 20.2 Å². The van der Waals surface area contributed by atoms with Crippen molar-refractivity contribution in [3.8, 4) is 0 Å². The molecule has 2 aromatic rings. The number of aromatic carboxylic acids is 1. The summed E-state index contributed by atoms with van der Waals surface area (Å²) in [6.07, 6.45) is 0. The third-order valence-corrected chi connectivity index (χ3v) is 2.81. The van der Waals surface area contributed by atoms with Gasteiger partial charge in [-0.3, -0.25) is 0 Å². The molecule has 0 atom stereocenters. The van der Waals surface area contributed by atoms with Gasteiger partial charge in [-0.15, -0.1) is 0 Å². The summed E-state index contributed by atoms with van der Waals surface area (Å²) in [6, 6.07) is 7.58. The standard InChI is InChI=1S/C14H12F2N2O2/c15-9-4-5-11(16)8(6-9)7-18-12-3-1-2-10(13(12)17)14(19)20/h1-6,18H,7,17H2,(H,19,20). The Balaban J connectivity index is 2.21. The maximum Gasteiger partial charge on any atom is 0.337 e. The first-order valence-electron chi connectivity index (χ1n) is 5.78. The largest absolute Gasteiger partial charge is 0.478 e. The van der Waals surface area contributed by atoms with E-state index in [9.17, 15) is 13.6 Å². The Bertz CT molecular complexity index is 660. The lowest BCUT2D eigenvalue weighted by Crippen LogP contribution is -2.08. The Morgan fingerprint density at radius 2 is 2.00 bits per heavy atom. The van der Waals surface area contributed by atoms with E-state index in [1.807, 2.05) is 0 Å². The second-order valence-electron chi connectivity index (χ2n) is 4.16. The molecule has 0 radical (unpaired) electrons. The van der Waals surface area contributed by atoms with E-state index in [2.05, 4.69) is 5.32 Å². The lowest BCUT2D eigenvalue weighted by Gasteiger charge is -2.11. The van der Waals surface area contributed by atoms with Crippen LogP contribution in [0.3, 0.4) is 0 Å². The number of hydrogen-bond donors (Lipinski definition) is 3. The fourth-order valence-corrected chi connectivity index (χ4v) is 1.78. The molecule has 0 bridgehead atoms. The van der Waals surface area contributed by atoms with Crippen molar-refractivity contribution >= 4 is 17.3 Å². The molecule has 4 N–H and O–H groups in total. The first kappa shape index (κ1) is 13.8. The number of para-hydroxylation sites is 1. The van der Waals surface area contributed by atoms with Crippen LogP contribution < -0.4 is 11.1 Å². The minimum atomic E-state index is -1.15. The van der Waals surface area contributed by atoms with E-state index < -0.39 is 17.6 Å². The summed E-state index contributed by atoms with van der Waals surface area (Å²) < 4.78 is 26.5. The smallest absolute Gasteiger partial charge is 0.337 e. The van der Waals surface area contributed by atoms with Crippen LogP contribution >= 0.6 is 0 Å². The monoisotopic (exact) mass is 278 g/mol. The highest BCUT2D eigenvalue weighted by molar-refractivity contribution is 5.97. The highest BCUT2D eigenvalue weighted by Gasteiger charge is 2.11. The molecule has 6 heteroatoms. The van der Waals surface area contributed by atoms with Crippen molar-refractivity contribution in [3.05, 3.63) is 59.2 Å². The molecule has 0 saturated heterocycles. The van der Waals surface area contributed by atoms with E-state index in [0.29, 0.717) is 5.69 Å². The quantitative estimate of drug-likeness (QED) is 0.752. The van der Waals surface area contributed by atoms with Crippen molar-refractivity contribution in [2.24, 2.45) is 0 Å². The van der Waals surface area contributed by atoms with E-state index in [-0.39, 0.29) is 23.4 Å². The number of nitrogen functional groups attached to an aromatic ring is 1. The van der Waals surface area contributed by atoms with E-state index in [0.717, 1.165) is 18.2 Å². The fourth-order valence-electron chi connectivity index (χ4n) is 1.78. The van der Waals surface area contributed by atoms with Crippen LogP contribution in [0.2, 0.25) is 0 Å². The molecule has 0 aliphatic carbocycles. The molecule has 0 amide bonds. The first-order valence-corrected chi connectivity index (χ1v) is 5.78. The number of halogens is 2. The molecular weight excluding hydrogens is 266 g/mol. The zero-order valence-corrected chi connectivity index (χ0v) is 10.4. The summed E-state index contributed by atoms with van der Waals surface area (Å²) in [6.45, 7) is -0.00311. The average molecular weight is 278 g/mol. The lowest BCUT2D eigenvalue weighted by atomic mass is 10.1. The summed E-state index contributed by atoms with van der Waals surface area (Å²) in [5.74, 6) is -2.24. The Morgan fingerprint density at radius 1 is 1.25 bits per heavy atom. The van der Waals surface area contributed by atoms with Gasteiger partial charge in [0.1, 0.15) is 11.6 Å². The maximum absolute atomic E-state index is 13.4.